The van der Waals surface area contributed by atoms with Gasteiger partial charge in [0.15, 0.2) is 17.2 Å². The van der Waals surface area contributed by atoms with Crippen LogP contribution in [-0.4, -0.2) is 30.6 Å². The number of rotatable bonds is 0. The van der Waals surface area contributed by atoms with Crippen LogP contribution in [0.4, 0.5) is 0 Å². The normalized spacial score (nSPS) is 9.70. The molecule has 6 N–H and O–H groups in total. The van der Waals surface area contributed by atoms with E-state index in [1.54, 1.807) is 13.8 Å². The van der Waals surface area contributed by atoms with Crippen molar-refractivity contribution in [2.45, 2.75) is 13.8 Å². The Labute approximate surface area is 115 Å². The van der Waals surface area contributed by atoms with Gasteiger partial charge in [0.25, 0.3) is 0 Å². The summed E-state index contributed by atoms with van der Waals surface area (Å²) in [5, 5.41) is 53.3. The van der Waals surface area contributed by atoms with E-state index in [1.165, 1.54) is 24.3 Å². The van der Waals surface area contributed by atoms with E-state index >= 15 is 0 Å². The standard InChI is InChI=1S/2C7H8O3/c1-4-6(9)2-5(8)3-7(4)10;1-4-2-5(8)7(10)6(9)3-4/h2*2-3,8-10H,1H3. The summed E-state index contributed by atoms with van der Waals surface area (Å²) in [6.07, 6.45) is 0. The van der Waals surface area contributed by atoms with Gasteiger partial charge in [0.05, 0.1) is 0 Å². The molecule has 0 spiro atoms. The third-order valence-electron chi connectivity index (χ3n) is 2.55. The highest BCUT2D eigenvalue weighted by Gasteiger charge is 2.04. The first-order valence-electron chi connectivity index (χ1n) is 5.65. The zero-order valence-corrected chi connectivity index (χ0v) is 11.0. The van der Waals surface area contributed by atoms with Crippen molar-refractivity contribution < 1.29 is 30.6 Å². The summed E-state index contributed by atoms with van der Waals surface area (Å²) in [5.74, 6) is -1.39. The molecule has 6 heteroatoms. The molecule has 0 aliphatic rings. The third kappa shape index (κ3) is 3.61. The van der Waals surface area contributed by atoms with Crippen LogP contribution >= 0.6 is 0 Å². The molecule has 6 nitrogen and oxygen atoms in total. The Hall–Kier alpha value is -2.76. The first-order chi connectivity index (χ1) is 9.22. The van der Waals surface area contributed by atoms with Crippen LogP contribution in [0.3, 0.4) is 0 Å². The molecule has 0 radical (unpaired) electrons. The Kier molecular flexibility index (Phi) is 4.53. The van der Waals surface area contributed by atoms with Gasteiger partial charge in [-0.15, -0.1) is 0 Å². The fraction of sp³-hybridized carbons (Fsp3) is 0.143. The van der Waals surface area contributed by atoms with Gasteiger partial charge < -0.3 is 30.6 Å². The van der Waals surface area contributed by atoms with Gasteiger partial charge in [-0.2, -0.15) is 0 Å². The number of aryl methyl sites for hydroxylation is 1. The van der Waals surface area contributed by atoms with Gasteiger partial charge in [-0.25, -0.2) is 0 Å². The van der Waals surface area contributed by atoms with Crippen molar-refractivity contribution >= 4 is 0 Å². The van der Waals surface area contributed by atoms with Crippen LogP contribution in [0, 0.1) is 13.8 Å². The van der Waals surface area contributed by atoms with Gasteiger partial charge in [-0.1, -0.05) is 0 Å². The number of aromatic hydroxyl groups is 6. The van der Waals surface area contributed by atoms with Gasteiger partial charge in [0.2, 0.25) is 0 Å². The Morgan fingerprint density at radius 1 is 0.600 bits per heavy atom. The largest absolute Gasteiger partial charge is 0.508 e. The van der Waals surface area contributed by atoms with Crippen LogP contribution in [0.15, 0.2) is 24.3 Å². The molecule has 0 aliphatic heterocycles. The van der Waals surface area contributed by atoms with Crippen molar-refractivity contribution in [2.75, 3.05) is 0 Å². The van der Waals surface area contributed by atoms with E-state index in [0.29, 0.717) is 11.1 Å². The molecule has 0 aliphatic carbocycles. The van der Waals surface area contributed by atoms with E-state index in [0.717, 1.165) is 0 Å². The molecule has 0 amide bonds. The fourth-order valence-electron chi connectivity index (χ4n) is 1.41. The average molecular weight is 280 g/mol. The van der Waals surface area contributed by atoms with Gasteiger partial charge in [0, 0.05) is 17.7 Å². The zero-order valence-electron chi connectivity index (χ0n) is 11.0. The van der Waals surface area contributed by atoms with Crippen molar-refractivity contribution in [3.63, 3.8) is 0 Å². The highest BCUT2D eigenvalue weighted by molar-refractivity contribution is 5.50. The molecule has 0 saturated heterocycles. The summed E-state index contributed by atoms with van der Waals surface area (Å²) in [5.41, 5.74) is 1.07. The molecule has 108 valence electrons. The topological polar surface area (TPSA) is 121 Å². The summed E-state index contributed by atoms with van der Waals surface area (Å²) in [4.78, 5) is 0. The molecule has 0 aromatic heterocycles. The smallest absolute Gasteiger partial charge is 0.200 e. The summed E-state index contributed by atoms with van der Waals surface area (Å²) >= 11 is 0. The summed E-state index contributed by atoms with van der Waals surface area (Å²) in [6, 6.07) is 5.09. The van der Waals surface area contributed by atoms with Crippen molar-refractivity contribution in [2.24, 2.45) is 0 Å². The van der Waals surface area contributed by atoms with E-state index in [-0.39, 0.29) is 28.7 Å². The van der Waals surface area contributed by atoms with E-state index in [2.05, 4.69) is 0 Å². The molecule has 0 saturated carbocycles. The lowest BCUT2D eigenvalue weighted by molar-refractivity contribution is 0.367. The molecule has 2 aromatic carbocycles. The summed E-state index contributed by atoms with van der Waals surface area (Å²) in [7, 11) is 0. The Bertz CT molecular complexity index is 520. The SMILES string of the molecule is Cc1c(O)cc(O)cc1O.Cc1cc(O)c(O)c(O)c1. The van der Waals surface area contributed by atoms with Crippen LogP contribution < -0.4 is 0 Å². The molecule has 0 fully saturated rings. The maximum atomic E-state index is 8.96. The van der Waals surface area contributed by atoms with E-state index in [4.69, 9.17) is 30.6 Å². The molecular weight excluding hydrogens is 264 g/mol. The van der Waals surface area contributed by atoms with Crippen molar-refractivity contribution in [3.8, 4) is 34.5 Å². The second-order valence-electron chi connectivity index (χ2n) is 4.26. The van der Waals surface area contributed by atoms with Crippen LogP contribution in [-0.2, 0) is 0 Å². The minimum Gasteiger partial charge on any atom is -0.508 e. The minimum atomic E-state index is -0.467. The third-order valence-corrected chi connectivity index (χ3v) is 2.55. The fourth-order valence-corrected chi connectivity index (χ4v) is 1.41. The first kappa shape index (κ1) is 15.3. The van der Waals surface area contributed by atoms with E-state index < -0.39 is 5.75 Å². The number of phenols is 6. The van der Waals surface area contributed by atoms with E-state index in [9.17, 15) is 0 Å². The Morgan fingerprint density at radius 3 is 1.40 bits per heavy atom. The maximum absolute atomic E-state index is 8.96. The lowest BCUT2D eigenvalue weighted by atomic mass is 10.2. The zero-order chi connectivity index (χ0) is 15.4. The maximum Gasteiger partial charge on any atom is 0.200 e. The van der Waals surface area contributed by atoms with Gasteiger partial charge >= 0.3 is 0 Å². The average Bonchev–Trinajstić information content (AvgIpc) is 2.33. The molecule has 20 heavy (non-hydrogen) atoms. The van der Waals surface area contributed by atoms with Crippen molar-refractivity contribution in [1.82, 2.24) is 0 Å². The Morgan fingerprint density at radius 2 is 1.00 bits per heavy atom. The molecule has 2 aromatic rings. The van der Waals surface area contributed by atoms with Gasteiger partial charge in [-0.05, 0) is 31.5 Å². The van der Waals surface area contributed by atoms with Crippen LogP contribution in [0.5, 0.6) is 34.5 Å². The molecule has 0 heterocycles. The van der Waals surface area contributed by atoms with Gasteiger partial charge in [0.1, 0.15) is 17.2 Å². The number of phenolic OH excluding ortho intramolecular Hbond substituents is 6. The summed E-state index contributed by atoms with van der Waals surface area (Å²) in [6.45, 7) is 3.27. The quantitative estimate of drug-likeness (QED) is 0.411. The minimum absolute atomic E-state index is 0.0995. The molecule has 0 bridgehead atoms. The monoisotopic (exact) mass is 280 g/mol. The first-order valence-corrected chi connectivity index (χ1v) is 5.65. The molecule has 2 rings (SSSR count). The number of benzene rings is 2. The summed E-state index contributed by atoms with van der Waals surface area (Å²) < 4.78 is 0. The number of hydrogen-bond donors (Lipinski definition) is 6. The lowest BCUT2D eigenvalue weighted by Crippen LogP contribution is -1.75. The number of hydrogen-bond acceptors (Lipinski definition) is 6. The highest BCUT2D eigenvalue weighted by atomic mass is 16.3. The molecule has 0 unspecified atom stereocenters. The second-order valence-corrected chi connectivity index (χ2v) is 4.26. The van der Waals surface area contributed by atoms with E-state index in [1.807, 2.05) is 0 Å². The van der Waals surface area contributed by atoms with Gasteiger partial charge in [-0.3, -0.25) is 0 Å². The van der Waals surface area contributed by atoms with Crippen LogP contribution in [0.2, 0.25) is 0 Å². The van der Waals surface area contributed by atoms with Crippen LogP contribution in [0.25, 0.3) is 0 Å². The van der Waals surface area contributed by atoms with Crippen molar-refractivity contribution in [3.05, 3.63) is 35.4 Å². The molecule has 0 atom stereocenters. The predicted octanol–water partition coefficient (Wildman–Crippen LogP) is 2.22. The lowest BCUT2D eigenvalue weighted by Gasteiger charge is -2.01. The predicted molar refractivity (Wildman–Crippen MR) is 72.3 cm³/mol. The second kappa shape index (κ2) is 5.92. The van der Waals surface area contributed by atoms with Crippen molar-refractivity contribution in [1.29, 1.82) is 0 Å². The van der Waals surface area contributed by atoms with Crippen LogP contribution in [0.1, 0.15) is 11.1 Å². The Balaban J connectivity index is 0.000000200. The molecular formula is C14H16O6. The highest BCUT2D eigenvalue weighted by Crippen LogP contribution is 2.34.